The predicted molar refractivity (Wildman–Crippen MR) is 164 cm³/mol. The maximum atomic E-state index is 14.4. The van der Waals surface area contributed by atoms with Gasteiger partial charge in [0.1, 0.15) is 17.1 Å². The van der Waals surface area contributed by atoms with Crippen molar-refractivity contribution in [1.29, 1.82) is 0 Å². The van der Waals surface area contributed by atoms with Crippen LogP contribution >= 0.6 is 11.6 Å². The van der Waals surface area contributed by atoms with E-state index in [0.29, 0.717) is 36.1 Å². The molecule has 0 radical (unpaired) electrons. The van der Waals surface area contributed by atoms with Gasteiger partial charge in [0.05, 0.1) is 6.61 Å². The van der Waals surface area contributed by atoms with Crippen LogP contribution in [0, 0.1) is 17.7 Å². The summed E-state index contributed by atoms with van der Waals surface area (Å²) >= 11 is 6.20. The summed E-state index contributed by atoms with van der Waals surface area (Å²) in [5, 5.41) is 14.3. The van der Waals surface area contributed by atoms with Gasteiger partial charge in [-0.25, -0.2) is 9.18 Å². The van der Waals surface area contributed by atoms with E-state index in [2.05, 4.69) is 24.1 Å². The van der Waals surface area contributed by atoms with Crippen LogP contribution in [0.5, 0.6) is 5.75 Å². The van der Waals surface area contributed by atoms with Crippen molar-refractivity contribution in [3.8, 4) is 5.75 Å². The van der Waals surface area contributed by atoms with E-state index in [4.69, 9.17) is 16.3 Å². The van der Waals surface area contributed by atoms with Crippen LogP contribution in [0.1, 0.15) is 87.1 Å². The number of aliphatic carboxylic acids is 1. The molecule has 3 aromatic rings. The van der Waals surface area contributed by atoms with Crippen molar-refractivity contribution in [3.05, 3.63) is 88.0 Å². The number of carboxylic acid groups (broad SMARTS) is 1. The monoisotopic (exact) mass is 590 g/mol. The normalized spacial score (nSPS) is 27.2. The lowest BCUT2D eigenvalue weighted by Gasteiger charge is -2.47. The van der Waals surface area contributed by atoms with E-state index in [-0.39, 0.29) is 23.1 Å². The van der Waals surface area contributed by atoms with Gasteiger partial charge in [-0.15, -0.1) is 0 Å². The number of rotatable bonds is 8. The summed E-state index contributed by atoms with van der Waals surface area (Å²) in [5.41, 5.74) is 4.15. The Morgan fingerprint density at radius 3 is 2.76 bits per heavy atom. The van der Waals surface area contributed by atoms with Gasteiger partial charge in [-0.1, -0.05) is 37.6 Å². The number of nitrogens with zero attached hydrogens (tertiary/aromatic N) is 1. The van der Waals surface area contributed by atoms with Gasteiger partial charge in [0.25, 0.3) is 0 Å². The van der Waals surface area contributed by atoms with E-state index in [0.717, 1.165) is 49.8 Å². The minimum absolute atomic E-state index is 0.184. The number of aryl methyl sites for hydroxylation is 1. The van der Waals surface area contributed by atoms with Crippen molar-refractivity contribution in [2.24, 2.45) is 11.8 Å². The third-order valence-electron chi connectivity index (χ3n) is 10.3. The van der Waals surface area contributed by atoms with Gasteiger partial charge in [-0.3, -0.25) is 4.98 Å². The summed E-state index contributed by atoms with van der Waals surface area (Å²) < 4.78 is 20.8. The molecule has 1 saturated carbocycles. The number of hydrogen-bond donors (Lipinski definition) is 2. The number of benzene rings is 2. The summed E-state index contributed by atoms with van der Waals surface area (Å²) in [5.74, 6) is 0.924. The van der Waals surface area contributed by atoms with Gasteiger partial charge in [0, 0.05) is 28.2 Å². The van der Waals surface area contributed by atoms with Crippen LogP contribution in [0.2, 0.25) is 5.02 Å². The molecule has 0 bridgehead atoms. The van der Waals surface area contributed by atoms with Crippen LogP contribution < -0.4 is 10.1 Å². The zero-order valence-corrected chi connectivity index (χ0v) is 25.2. The molecule has 3 aliphatic carbocycles. The van der Waals surface area contributed by atoms with Gasteiger partial charge in [-0.05, 0) is 128 Å². The van der Waals surface area contributed by atoms with E-state index in [1.807, 2.05) is 30.5 Å². The lowest BCUT2D eigenvalue weighted by molar-refractivity contribution is -0.144. The van der Waals surface area contributed by atoms with Crippen molar-refractivity contribution < 1.29 is 19.0 Å². The smallest absolute Gasteiger partial charge is 0.329 e. The van der Waals surface area contributed by atoms with Crippen LogP contribution in [0.4, 0.5) is 10.1 Å². The molecule has 42 heavy (non-hydrogen) atoms. The average molecular weight is 591 g/mol. The Labute approximate surface area is 252 Å². The first-order valence-electron chi connectivity index (χ1n) is 15.4. The SMILES string of the molecule is C[C@@H](COc1ccnc2c1[C@H](C)CCC2)CC1Cc2cc(F)ccc2C12CCC(Nc1cccc(Cl)c1)(C(=O)O)CC2. The Kier molecular flexibility index (Phi) is 7.95. The third-order valence-corrected chi connectivity index (χ3v) is 10.5. The summed E-state index contributed by atoms with van der Waals surface area (Å²) in [6.07, 6.45) is 9.35. The Morgan fingerprint density at radius 1 is 1.19 bits per heavy atom. The molecule has 5 nitrogen and oxygen atoms in total. The number of aromatic nitrogens is 1. The van der Waals surface area contributed by atoms with Gasteiger partial charge in [0.15, 0.2) is 0 Å². The van der Waals surface area contributed by atoms with Gasteiger partial charge in [-0.2, -0.15) is 0 Å². The van der Waals surface area contributed by atoms with Crippen molar-refractivity contribution in [3.63, 3.8) is 0 Å². The molecule has 1 aromatic heterocycles. The van der Waals surface area contributed by atoms with Crippen LogP contribution in [0.15, 0.2) is 54.7 Å². The first-order valence-corrected chi connectivity index (χ1v) is 15.7. The van der Waals surface area contributed by atoms with Crippen molar-refractivity contribution in [2.45, 2.75) is 88.5 Å². The second kappa shape index (κ2) is 11.5. The number of carboxylic acids is 1. The molecule has 0 aliphatic heterocycles. The number of ether oxygens (including phenoxy) is 1. The molecule has 0 amide bonds. The molecule has 7 heteroatoms. The Balaban J connectivity index is 1.21. The molecular formula is C35H40ClFN2O3. The molecule has 3 aliphatic rings. The van der Waals surface area contributed by atoms with Crippen LogP contribution in [0.25, 0.3) is 0 Å². The standard InChI is InChI=1S/C35H40ClFN2O3/c1-22(21-42-31-11-16-38-30-8-3-5-23(2)32(30)31)17-25-18-24-19-27(37)9-10-29(24)34(25)12-14-35(15-13-34,33(40)41)39-28-7-4-6-26(36)20-28/h4,6-7,9-11,16,19-20,22-23,25,39H,3,5,8,12-15,17-18,21H2,1-2H3,(H,40,41)/t22-,23-,25?,34?,35?/m1/s1. The molecule has 3 atom stereocenters. The largest absolute Gasteiger partial charge is 0.493 e. The summed E-state index contributed by atoms with van der Waals surface area (Å²) in [6, 6.07) is 14.4. The predicted octanol–water partition coefficient (Wildman–Crippen LogP) is 8.34. The minimum atomic E-state index is -1.07. The topological polar surface area (TPSA) is 71.5 Å². The highest BCUT2D eigenvalue weighted by Gasteiger charge is 2.54. The van der Waals surface area contributed by atoms with Crippen LogP contribution in [-0.2, 0) is 23.1 Å². The van der Waals surface area contributed by atoms with Crippen molar-refractivity contribution in [1.82, 2.24) is 4.98 Å². The summed E-state index contributed by atoms with van der Waals surface area (Å²) in [6.45, 7) is 5.10. The Morgan fingerprint density at radius 2 is 2.00 bits per heavy atom. The quantitative estimate of drug-likeness (QED) is 0.276. The molecule has 222 valence electrons. The number of fused-ring (bicyclic) bond motifs is 3. The summed E-state index contributed by atoms with van der Waals surface area (Å²) in [7, 11) is 0. The number of nitrogens with one attached hydrogen (secondary N) is 1. The number of anilines is 1. The third kappa shape index (κ3) is 5.39. The first kappa shape index (κ1) is 29.0. The van der Waals surface area contributed by atoms with Gasteiger partial charge in [0.2, 0.25) is 0 Å². The van der Waals surface area contributed by atoms with E-state index >= 15 is 0 Å². The number of halogens is 2. The highest BCUT2D eigenvalue weighted by atomic mass is 35.5. The zero-order chi connectivity index (χ0) is 29.5. The molecule has 1 heterocycles. The fraction of sp³-hybridized carbons (Fsp3) is 0.486. The molecule has 6 rings (SSSR count). The lowest BCUT2D eigenvalue weighted by atomic mass is 9.59. The molecule has 1 fully saturated rings. The molecule has 2 aromatic carbocycles. The highest BCUT2D eigenvalue weighted by molar-refractivity contribution is 6.30. The van der Waals surface area contributed by atoms with Gasteiger partial charge >= 0.3 is 5.97 Å². The Hall–Kier alpha value is -3.12. The second-order valence-corrected chi connectivity index (χ2v) is 13.4. The number of pyridine rings is 1. The molecule has 1 spiro atoms. The van der Waals surface area contributed by atoms with E-state index < -0.39 is 11.5 Å². The van der Waals surface area contributed by atoms with E-state index in [1.54, 1.807) is 24.3 Å². The fourth-order valence-electron chi connectivity index (χ4n) is 8.10. The maximum Gasteiger partial charge on any atom is 0.329 e. The first-order chi connectivity index (χ1) is 20.2. The molecule has 1 unspecified atom stereocenters. The fourth-order valence-corrected chi connectivity index (χ4v) is 8.29. The minimum Gasteiger partial charge on any atom is -0.493 e. The number of carbonyl (C=O) groups is 1. The van der Waals surface area contributed by atoms with Crippen LogP contribution in [0.3, 0.4) is 0 Å². The van der Waals surface area contributed by atoms with E-state index in [1.165, 1.54) is 23.2 Å². The van der Waals surface area contributed by atoms with Gasteiger partial charge < -0.3 is 15.2 Å². The maximum absolute atomic E-state index is 14.4. The Bertz CT molecular complexity index is 1470. The van der Waals surface area contributed by atoms with Crippen LogP contribution in [-0.4, -0.2) is 28.2 Å². The van der Waals surface area contributed by atoms with Crippen molar-refractivity contribution in [2.75, 3.05) is 11.9 Å². The number of hydrogen-bond acceptors (Lipinski definition) is 4. The molecule has 0 saturated heterocycles. The lowest BCUT2D eigenvalue weighted by Crippen LogP contribution is -2.53. The van der Waals surface area contributed by atoms with Crippen molar-refractivity contribution >= 4 is 23.3 Å². The highest BCUT2D eigenvalue weighted by Crippen LogP contribution is 2.56. The molecule has 2 N–H and O–H groups in total. The second-order valence-electron chi connectivity index (χ2n) is 13.0. The zero-order valence-electron chi connectivity index (χ0n) is 24.5. The van der Waals surface area contributed by atoms with E-state index in [9.17, 15) is 14.3 Å². The average Bonchev–Trinajstić information content (AvgIpc) is 3.24. The summed E-state index contributed by atoms with van der Waals surface area (Å²) in [4.78, 5) is 17.3. The molecular weight excluding hydrogens is 551 g/mol.